The molecule has 0 spiro atoms. The van der Waals surface area contributed by atoms with Crippen LogP contribution in [-0.4, -0.2) is 20.7 Å². The Hall–Kier alpha value is -2.92. The number of hydrogen-bond donors (Lipinski definition) is 1. The third kappa shape index (κ3) is 2.62. The highest BCUT2D eigenvalue weighted by Crippen LogP contribution is 2.20. The maximum Gasteiger partial charge on any atom is 0.292 e. The molecule has 3 rings (SSSR count). The summed E-state index contributed by atoms with van der Waals surface area (Å²) in [6.07, 6.45) is 2.96. The largest absolute Gasteiger partial charge is 0.444 e. The summed E-state index contributed by atoms with van der Waals surface area (Å²) in [6.45, 7) is 0. The molecule has 0 saturated carbocycles. The molecule has 0 aliphatic heterocycles. The van der Waals surface area contributed by atoms with Gasteiger partial charge in [-0.05, 0) is 40.2 Å². The summed E-state index contributed by atoms with van der Waals surface area (Å²) < 4.78 is 7.01. The molecule has 3 aromatic heterocycles. The van der Waals surface area contributed by atoms with Crippen molar-refractivity contribution in [3.63, 3.8) is 0 Å². The molecule has 0 atom stereocenters. The second kappa shape index (κ2) is 5.83. The number of aromatic nitrogens is 3. The number of hydrogen-bond acceptors (Lipinski definition) is 5. The number of rotatable bonds is 3. The van der Waals surface area contributed by atoms with Crippen LogP contribution in [0.25, 0.3) is 5.82 Å². The summed E-state index contributed by atoms with van der Waals surface area (Å²) in [4.78, 5) is 16.3. The molecular weight excluding hydrogens is 350 g/mol. The van der Waals surface area contributed by atoms with E-state index in [0.29, 0.717) is 10.5 Å². The molecular formula is C14H8BrN5O2. The SMILES string of the molecule is N#Cc1cnn(-c2ccccn2)c1NC(=O)c1ccc(Br)o1. The summed E-state index contributed by atoms with van der Waals surface area (Å²) >= 11 is 3.13. The van der Waals surface area contributed by atoms with Gasteiger partial charge in [0.2, 0.25) is 0 Å². The second-order valence-electron chi connectivity index (χ2n) is 4.18. The van der Waals surface area contributed by atoms with Gasteiger partial charge in [-0.15, -0.1) is 0 Å². The minimum absolute atomic E-state index is 0.115. The summed E-state index contributed by atoms with van der Waals surface area (Å²) in [5.74, 6) is 0.350. The summed E-state index contributed by atoms with van der Waals surface area (Å²) in [6, 6.07) is 10.4. The number of halogens is 1. The predicted octanol–water partition coefficient (Wildman–Crippen LogP) is 2.75. The molecule has 0 fully saturated rings. The van der Waals surface area contributed by atoms with Crippen LogP contribution in [0, 0.1) is 11.3 Å². The molecule has 108 valence electrons. The zero-order valence-corrected chi connectivity index (χ0v) is 12.6. The zero-order chi connectivity index (χ0) is 15.5. The van der Waals surface area contributed by atoms with E-state index in [1.807, 2.05) is 6.07 Å². The maximum absolute atomic E-state index is 12.2. The Morgan fingerprint density at radius 1 is 1.36 bits per heavy atom. The van der Waals surface area contributed by atoms with Gasteiger partial charge >= 0.3 is 0 Å². The van der Waals surface area contributed by atoms with E-state index >= 15 is 0 Å². The van der Waals surface area contributed by atoms with E-state index in [-0.39, 0.29) is 17.1 Å². The quantitative estimate of drug-likeness (QED) is 0.777. The molecule has 7 nitrogen and oxygen atoms in total. The van der Waals surface area contributed by atoms with Gasteiger partial charge in [0.25, 0.3) is 5.91 Å². The molecule has 0 aliphatic rings. The van der Waals surface area contributed by atoms with Crippen molar-refractivity contribution in [3.05, 3.63) is 58.7 Å². The van der Waals surface area contributed by atoms with E-state index in [1.54, 1.807) is 30.5 Å². The fourth-order valence-corrected chi connectivity index (χ4v) is 2.12. The van der Waals surface area contributed by atoms with Gasteiger partial charge in [0, 0.05) is 6.20 Å². The van der Waals surface area contributed by atoms with Gasteiger partial charge < -0.3 is 9.73 Å². The molecule has 0 aliphatic carbocycles. The van der Waals surface area contributed by atoms with E-state index in [2.05, 4.69) is 31.3 Å². The van der Waals surface area contributed by atoms with Crippen LogP contribution in [0.3, 0.4) is 0 Å². The second-order valence-corrected chi connectivity index (χ2v) is 4.96. The lowest BCUT2D eigenvalue weighted by Crippen LogP contribution is -2.15. The first kappa shape index (κ1) is 14.0. The van der Waals surface area contributed by atoms with Gasteiger partial charge in [0.15, 0.2) is 22.1 Å². The molecule has 0 radical (unpaired) electrons. The third-order valence-corrected chi connectivity index (χ3v) is 3.21. The molecule has 3 aromatic rings. The van der Waals surface area contributed by atoms with Crippen molar-refractivity contribution >= 4 is 27.7 Å². The molecule has 1 amide bonds. The maximum atomic E-state index is 12.2. The van der Waals surface area contributed by atoms with Crippen molar-refractivity contribution in [3.8, 4) is 11.9 Å². The third-order valence-electron chi connectivity index (χ3n) is 2.78. The lowest BCUT2D eigenvalue weighted by Gasteiger charge is -2.07. The van der Waals surface area contributed by atoms with E-state index in [1.165, 1.54) is 16.9 Å². The van der Waals surface area contributed by atoms with Crippen LogP contribution in [-0.2, 0) is 0 Å². The fraction of sp³-hybridized carbons (Fsp3) is 0. The lowest BCUT2D eigenvalue weighted by molar-refractivity contribution is 0.0994. The molecule has 0 bridgehead atoms. The van der Waals surface area contributed by atoms with Crippen molar-refractivity contribution in [1.82, 2.24) is 14.8 Å². The average Bonchev–Trinajstić information content (AvgIpc) is 3.14. The Morgan fingerprint density at radius 3 is 2.86 bits per heavy atom. The standard InChI is InChI=1S/C14H8BrN5O2/c15-11-5-4-10(22-11)14(21)19-13-9(7-16)8-18-20(13)12-3-1-2-6-17-12/h1-6,8H,(H,19,21). The first-order valence-corrected chi connectivity index (χ1v) is 6.94. The van der Waals surface area contributed by atoms with Gasteiger partial charge in [-0.3, -0.25) is 4.79 Å². The number of amides is 1. The number of nitrogens with zero attached hydrogens (tertiary/aromatic N) is 4. The Bertz CT molecular complexity index is 863. The summed E-state index contributed by atoms with van der Waals surface area (Å²) in [5, 5.41) is 15.9. The minimum Gasteiger partial charge on any atom is -0.444 e. The van der Waals surface area contributed by atoms with Crippen LogP contribution < -0.4 is 5.32 Å². The molecule has 0 unspecified atom stereocenters. The average molecular weight is 358 g/mol. The number of carbonyl (C=O) groups is 1. The van der Waals surface area contributed by atoms with Gasteiger partial charge in [0.05, 0.1) is 6.20 Å². The van der Waals surface area contributed by atoms with Crippen LogP contribution >= 0.6 is 15.9 Å². The Balaban J connectivity index is 1.98. The smallest absolute Gasteiger partial charge is 0.292 e. The van der Waals surface area contributed by atoms with Crippen LogP contribution in [0.1, 0.15) is 16.1 Å². The molecule has 8 heteroatoms. The number of carbonyl (C=O) groups excluding carboxylic acids is 1. The van der Waals surface area contributed by atoms with Gasteiger partial charge in [-0.25, -0.2) is 4.98 Å². The Morgan fingerprint density at radius 2 is 2.23 bits per heavy atom. The normalized spacial score (nSPS) is 10.2. The van der Waals surface area contributed by atoms with E-state index < -0.39 is 5.91 Å². The number of nitrogens with one attached hydrogen (secondary N) is 1. The molecule has 1 N–H and O–H groups in total. The van der Waals surface area contributed by atoms with E-state index in [0.717, 1.165) is 0 Å². The monoisotopic (exact) mass is 357 g/mol. The molecule has 0 aromatic carbocycles. The van der Waals surface area contributed by atoms with Crippen LogP contribution in [0.15, 0.2) is 51.8 Å². The van der Waals surface area contributed by atoms with Crippen molar-refractivity contribution in [2.75, 3.05) is 5.32 Å². The van der Waals surface area contributed by atoms with Crippen LogP contribution in [0.5, 0.6) is 0 Å². The fourth-order valence-electron chi connectivity index (χ4n) is 1.81. The van der Waals surface area contributed by atoms with Crippen LogP contribution in [0.2, 0.25) is 0 Å². The number of nitriles is 1. The molecule has 22 heavy (non-hydrogen) atoms. The highest BCUT2D eigenvalue weighted by Gasteiger charge is 2.18. The first-order valence-electron chi connectivity index (χ1n) is 6.15. The highest BCUT2D eigenvalue weighted by atomic mass is 79.9. The van der Waals surface area contributed by atoms with E-state index in [4.69, 9.17) is 9.68 Å². The topological polar surface area (TPSA) is 96.7 Å². The van der Waals surface area contributed by atoms with Crippen LogP contribution in [0.4, 0.5) is 5.82 Å². The van der Waals surface area contributed by atoms with Crippen molar-refractivity contribution in [2.45, 2.75) is 0 Å². The van der Waals surface area contributed by atoms with Crippen molar-refractivity contribution in [2.24, 2.45) is 0 Å². The molecule has 3 heterocycles. The minimum atomic E-state index is -0.486. The lowest BCUT2D eigenvalue weighted by atomic mass is 10.3. The highest BCUT2D eigenvalue weighted by molar-refractivity contribution is 9.10. The summed E-state index contributed by atoms with van der Waals surface area (Å²) in [7, 11) is 0. The van der Waals surface area contributed by atoms with Crippen molar-refractivity contribution < 1.29 is 9.21 Å². The summed E-state index contributed by atoms with van der Waals surface area (Å²) in [5.41, 5.74) is 0.227. The number of pyridine rings is 1. The Kier molecular flexibility index (Phi) is 3.72. The van der Waals surface area contributed by atoms with E-state index in [9.17, 15) is 4.79 Å². The van der Waals surface area contributed by atoms with Gasteiger partial charge in [0.1, 0.15) is 11.6 Å². The van der Waals surface area contributed by atoms with Crippen molar-refractivity contribution in [1.29, 1.82) is 5.26 Å². The van der Waals surface area contributed by atoms with Gasteiger partial charge in [-0.1, -0.05) is 6.07 Å². The Labute approximate surface area is 133 Å². The molecule has 0 saturated heterocycles. The zero-order valence-electron chi connectivity index (χ0n) is 11.0. The first-order chi connectivity index (χ1) is 10.7. The number of anilines is 1. The predicted molar refractivity (Wildman–Crippen MR) is 80.4 cm³/mol. The van der Waals surface area contributed by atoms with Gasteiger partial charge in [-0.2, -0.15) is 15.0 Å². The number of furan rings is 1.